The Balaban J connectivity index is 2.07. The van der Waals surface area contributed by atoms with Crippen LogP contribution in [0, 0.1) is 12.8 Å². The Labute approximate surface area is 216 Å². The zero-order valence-electron chi connectivity index (χ0n) is 22.8. The first-order valence-electron chi connectivity index (χ1n) is 14.4. The largest absolute Gasteiger partial charge is 0.469 e. The minimum absolute atomic E-state index is 0.140. The molecule has 1 aromatic rings. The van der Waals surface area contributed by atoms with Gasteiger partial charge in [0.15, 0.2) is 0 Å². The Morgan fingerprint density at radius 3 is 1.66 bits per heavy atom. The zero-order valence-corrected chi connectivity index (χ0v) is 22.8. The van der Waals surface area contributed by atoms with Crippen LogP contribution in [0.25, 0.3) is 0 Å². The fourth-order valence-corrected chi connectivity index (χ4v) is 4.60. The Hall–Kier alpha value is -1.84. The van der Waals surface area contributed by atoms with Crippen LogP contribution >= 0.6 is 0 Å². The number of ether oxygens (including phenoxy) is 1. The van der Waals surface area contributed by atoms with Gasteiger partial charge < -0.3 is 10.1 Å². The predicted molar refractivity (Wildman–Crippen MR) is 148 cm³/mol. The van der Waals surface area contributed by atoms with E-state index in [4.69, 9.17) is 4.74 Å². The average molecular weight is 487 g/mol. The Morgan fingerprint density at radius 1 is 0.771 bits per heavy atom. The van der Waals surface area contributed by atoms with Gasteiger partial charge in [0.25, 0.3) is 0 Å². The maximum Gasteiger partial charge on any atom is 0.309 e. The Morgan fingerprint density at radius 2 is 1.23 bits per heavy atom. The van der Waals surface area contributed by atoms with Crippen LogP contribution in [-0.4, -0.2) is 19.0 Å². The number of hydrogen-bond acceptors (Lipinski definition) is 3. The molecule has 0 aliphatic carbocycles. The number of anilines is 1. The van der Waals surface area contributed by atoms with Gasteiger partial charge in [0.05, 0.1) is 13.0 Å². The summed E-state index contributed by atoms with van der Waals surface area (Å²) in [5.74, 6) is -0.793. The molecule has 0 spiro atoms. The molecule has 0 saturated heterocycles. The second kappa shape index (κ2) is 21.4. The van der Waals surface area contributed by atoms with Crippen molar-refractivity contribution in [1.29, 1.82) is 0 Å². The summed E-state index contributed by atoms with van der Waals surface area (Å²) >= 11 is 0. The molecule has 35 heavy (non-hydrogen) atoms. The molecule has 1 amide bonds. The molecule has 1 unspecified atom stereocenters. The van der Waals surface area contributed by atoms with Gasteiger partial charge in [-0.15, -0.1) is 0 Å². The van der Waals surface area contributed by atoms with E-state index in [9.17, 15) is 9.59 Å². The van der Waals surface area contributed by atoms with E-state index in [0.717, 1.165) is 30.5 Å². The number of amides is 1. The minimum Gasteiger partial charge on any atom is -0.469 e. The highest BCUT2D eigenvalue weighted by Crippen LogP contribution is 2.19. The number of carbonyl (C=O) groups is 2. The first-order valence-corrected chi connectivity index (χ1v) is 14.4. The van der Waals surface area contributed by atoms with Gasteiger partial charge in [0, 0.05) is 12.1 Å². The molecule has 1 aromatic carbocycles. The minimum atomic E-state index is -0.370. The highest BCUT2D eigenvalue weighted by Gasteiger charge is 2.22. The number of benzene rings is 1. The van der Waals surface area contributed by atoms with Gasteiger partial charge in [-0.1, -0.05) is 122 Å². The van der Waals surface area contributed by atoms with E-state index < -0.39 is 0 Å². The number of carbonyl (C=O) groups excluding carboxylic acids is 2. The summed E-state index contributed by atoms with van der Waals surface area (Å²) in [6.45, 7) is 6.13. The molecule has 0 saturated carbocycles. The molecule has 1 rings (SSSR count). The van der Waals surface area contributed by atoms with Crippen molar-refractivity contribution in [2.75, 3.05) is 12.4 Å². The van der Waals surface area contributed by atoms with Gasteiger partial charge in [-0.25, -0.2) is 0 Å². The second-order valence-electron chi connectivity index (χ2n) is 10.0. The summed E-state index contributed by atoms with van der Waals surface area (Å²) in [6.07, 6.45) is 22.8. The van der Waals surface area contributed by atoms with Crippen molar-refractivity contribution in [2.24, 2.45) is 5.92 Å². The molecule has 4 heteroatoms. The number of esters is 1. The lowest BCUT2D eigenvalue weighted by Crippen LogP contribution is -2.23. The van der Waals surface area contributed by atoms with Crippen LogP contribution in [0.2, 0.25) is 0 Å². The molecule has 1 radical (unpaired) electrons. The summed E-state index contributed by atoms with van der Waals surface area (Å²) in [5, 5.41) is 2.89. The van der Waals surface area contributed by atoms with Crippen LogP contribution in [0.5, 0.6) is 0 Å². The number of nitrogens with one attached hydrogen (secondary N) is 1. The van der Waals surface area contributed by atoms with E-state index in [2.05, 4.69) is 19.2 Å². The number of unbranched alkanes of at least 4 members (excludes halogenated alkanes) is 15. The molecule has 0 aliphatic heterocycles. The normalized spacial score (nSPS) is 11.9. The molecule has 199 valence electrons. The third kappa shape index (κ3) is 16.5. The van der Waals surface area contributed by atoms with Gasteiger partial charge in [-0.2, -0.15) is 0 Å². The lowest BCUT2D eigenvalue weighted by atomic mass is 9.96. The highest BCUT2D eigenvalue weighted by atomic mass is 16.5. The lowest BCUT2D eigenvalue weighted by Gasteiger charge is -2.14. The summed E-state index contributed by atoms with van der Waals surface area (Å²) in [4.78, 5) is 24.6. The monoisotopic (exact) mass is 486 g/mol. The molecule has 1 N–H and O–H groups in total. The van der Waals surface area contributed by atoms with Crippen molar-refractivity contribution in [1.82, 2.24) is 0 Å². The molecule has 4 nitrogen and oxygen atoms in total. The molecular weight excluding hydrogens is 434 g/mol. The van der Waals surface area contributed by atoms with E-state index in [1.807, 2.05) is 24.3 Å². The summed E-state index contributed by atoms with van der Waals surface area (Å²) in [5.41, 5.74) is 1.87. The molecular formula is C31H52NO3. The fraction of sp³-hybridized carbons (Fsp3) is 0.710. The standard InChI is InChI=1S/C31H52NO3/c1-4-6-7-8-9-10-11-12-13-14-15-16-17-18-19-20-21-28(31(34)35-3)26-30(33)32-29-24-22-27(5-2)23-25-29/h22-25,28H,2,4-21,26H2,1,3H3,(H,32,33). The summed E-state index contributed by atoms with van der Waals surface area (Å²) in [6, 6.07) is 7.66. The summed E-state index contributed by atoms with van der Waals surface area (Å²) < 4.78 is 4.95. The maximum absolute atomic E-state index is 12.4. The van der Waals surface area contributed by atoms with Crippen molar-refractivity contribution in [2.45, 2.75) is 129 Å². The van der Waals surface area contributed by atoms with E-state index in [1.165, 1.54) is 97.0 Å². The van der Waals surface area contributed by atoms with E-state index in [-0.39, 0.29) is 24.2 Å². The molecule has 0 heterocycles. The number of methoxy groups -OCH3 is 1. The predicted octanol–water partition coefficient (Wildman–Crippen LogP) is 8.83. The van der Waals surface area contributed by atoms with Crippen LogP contribution in [0.3, 0.4) is 0 Å². The lowest BCUT2D eigenvalue weighted by molar-refractivity contribution is -0.147. The molecule has 0 bridgehead atoms. The van der Waals surface area contributed by atoms with Gasteiger partial charge in [0.2, 0.25) is 5.91 Å². The smallest absolute Gasteiger partial charge is 0.309 e. The first-order chi connectivity index (χ1) is 17.1. The van der Waals surface area contributed by atoms with Gasteiger partial charge in [-0.3, -0.25) is 9.59 Å². The van der Waals surface area contributed by atoms with Crippen LogP contribution in [-0.2, 0) is 20.7 Å². The highest BCUT2D eigenvalue weighted by molar-refractivity contribution is 5.93. The van der Waals surface area contributed by atoms with Crippen molar-refractivity contribution in [3.63, 3.8) is 0 Å². The third-order valence-electron chi connectivity index (χ3n) is 6.90. The Bertz CT molecular complexity index is 656. The van der Waals surface area contributed by atoms with Crippen molar-refractivity contribution < 1.29 is 14.3 Å². The van der Waals surface area contributed by atoms with Crippen molar-refractivity contribution >= 4 is 17.6 Å². The average Bonchev–Trinajstić information content (AvgIpc) is 2.87. The van der Waals surface area contributed by atoms with Crippen molar-refractivity contribution in [3.05, 3.63) is 36.8 Å². The van der Waals surface area contributed by atoms with Gasteiger partial charge in [-0.05, 0) is 37.5 Å². The topological polar surface area (TPSA) is 55.4 Å². The molecule has 0 aliphatic rings. The zero-order chi connectivity index (χ0) is 25.6. The molecule has 0 fully saturated rings. The third-order valence-corrected chi connectivity index (χ3v) is 6.90. The molecule has 1 atom stereocenters. The van der Waals surface area contributed by atoms with E-state index in [0.29, 0.717) is 6.42 Å². The maximum atomic E-state index is 12.4. The van der Waals surface area contributed by atoms with Gasteiger partial charge >= 0.3 is 5.97 Å². The number of hydrogen-bond donors (Lipinski definition) is 1. The van der Waals surface area contributed by atoms with Crippen LogP contribution in [0.1, 0.15) is 128 Å². The quantitative estimate of drug-likeness (QED) is 0.131. The van der Waals surface area contributed by atoms with Crippen molar-refractivity contribution in [3.8, 4) is 0 Å². The van der Waals surface area contributed by atoms with Crippen LogP contribution in [0.4, 0.5) is 5.69 Å². The van der Waals surface area contributed by atoms with Gasteiger partial charge in [0.1, 0.15) is 0 Å². The van der Waals surface area contributed by atoms with Crippen LogP contribution < -0.4 is 5.32 Å². The van der Waals surface area contributed by atoms with E-state index in [1.54, 1.807) is 0 Å². The fourth-order valence-electron chi connectivity index (χ4n) is 4.60. The van der Waals surface area contributed by atoms with E-state index >= 15 is 0 Å². The Kier molecular flexibility index (Phi) is 19.1. The summed E-state index contributed by atoms with van der Waals surface area (Å²) in [7, 11) is 1.40. The SMILES string of the molecule is [CH2]Cc1ccc(NC(=O)CC(CCCCCCCCCCCCCCCCCC)C(=O)OC)cc1. The second-order valence-corrected chi connectivity index (χ2v) is 10.0. The van der Waals surface area contributed by atoms with Crippen LogP contribution in [0.15, 0.2) is 24.3 Å². The molecule has 0 aromatic heterocycles. The first kappa shape index (κ1) is 31.2. The number of rotatable bonds is 22.